The summed E-state index contributed by atoms with van der Waals surface area (Å²) in [6, 6.07) is 18.2. The number of carbonyl (C=O) groups excluding carboxylic acids is 4. The summed E-state index contributed by atoms with van der Waals surface area (Å²) in [5.74, 6) is -4.90. The minimum Gasteiger partial charge on any atom is -0.426 e. The summed E-state index contributed by atoms with van der Waals surface area (Å²) in [6.45, 7) is 14.0. The second-order valence-electron chi connectivity index (χ2n) is 19.5. The standard InChI is InChI=1S/C64H48N8O16/c1-5-42(69(77)78)33-56(73)85-52-21-13-9-17-46(52)50-31-41-30-39-26-25-37(65-39)29-38-27-28-40(66-38)32-51-60(47-18-10-14-22-53(47)86-57(74)34-43(6-2)70(79)80)61(48-19-11-15-23-54(48)87-58(75)35-44(7-3)71(81)82)64(68-51)62(63(50)67-41)49-20-12-16-24-55(49)88-59(76)36-45(8-4)72(83)84/h5-32,42-45H,1-4,33-36H2. The molecule has 5 heterocycles. The zero-order valence-electron chi connectivity index (χ0n) is 46.2. The molecule has 24 heteroatoms. The average molecular weight is 1190 g/mol. The number of aliphatic imine (C=N–C) groups is 4. The van der Waals surface area contributed by atoms with Crippen molar-refractivity contribution in [1.82, 2.24) is 0 Å². The van der Waals surface area contributed by atoms with Gasteiger partial charge < -0.3 is 18.9 Å². The zero-order valence-corrected chi connectivity index (χ0v) is 46.2. The topological polar surface area (TPSA) is 327 Å². The first-order valence-corrected chi connectivity index (χ1v) is 26.7. The van der Waals surface area contributed by atoms with E-state index in [0.717, 1.165) is 24.3 Å². The van der Waals surface area contributed by atoms with E-state index in [-0.39, 0.29) is 90.4 Å². The Kier molecular flexibility index (Phi) is 18.3. The van der Waals surface area contributed by atoms with Crippen molar-refractivity contribution in [2.24, 2.45) is 20.0 Å². The first kappa shape index (κ1) is 60.5. The van der Waals surface area contributed by atoms with Crippen LogP contribution < -0.4 is 18.9 Å². The Labute approximate surface area is 499 Å². The maximum Gasteiger partial charge on any atom is 0.318 e. The Balaban J connectivity index is 1.43. The van der Waals surface area contributed by atoms with E-state index in [4.69, 9.17) is 38.9 Å². The third kappa shape index (κ3) is 13.6. The summed E-state index contributed by atoms with van der Waals surface area (Å²) in [5, 5.41) is 48.0. The highest BCUT2D eigenvalue weighted by Crippen LogP contribution is 2.51. The predicted octanol–water partition coefficient (Wildman–Crippen LogP) is 10.2. The average Bonchev–Trinajstić information content (AvgIpc) is 1.79. The smallest absolute Gasteiger partial charge is 0.318 e. The van der Waals surface area contributed by atoms with Crippen molar-refractivity contribution in [1.29, 1.82) is 0 Å². The first-order chi connectivity index (χ1) is 42.4. The van der Waals surface area contributed by atoms with Gasteiger partial charge in [0, 0.05) is 64.2 Å². The first-order valence-electron chi connectivity index (χ1n) is 26.7. The van der Waals surface area contributed by atoms with Crippen molar-refractivity contribution in [2.45, 2.75) is 49.9 Å². The number of carbonyl (C=O) groups is 4. The molecule has 9 rings (SSSR count). The van der Waals surface area contributed by atoms with Crippen molar-refractivity contribution in [3.8, 4) is 23.0 Å². The van der Waals surface area contributed by atoms with Crippen molar-refractivity contribution < 1.29 is 57.8 Å². The van der Waals surface area contributed by atoms with Crippen LogP contribution in [0.25, 0.3) is 22.3 Å². The van der Waals surface area contributed by atoms with Crippen molar-refractivity contribution in [3.63, 3.8) is 0 Å². The molecule has 0 fully saturated rings. The number of nitrogens with zero attached hydrogens (tertiary/aromatic N) is 8. The minimum atomic E-state index is -1.58. The van der Waals surface area contributed by atoms with E-state index in [2.05, 4.69) is 26.3 Å². The van der Waals surface area contributed by atoms with Crippen molar-refractivity contribution >= 4 is 69.0 Å². The van der Waals surface area contributed by atoms with Crippen LogP contribution in [0.5, 0.6) is 23.0 Å². The van der Waals surface area contributed by atoms with Crippen LogP contribution in [0.3, 0.4) is 0 Å². The molecule has 0 saturated heterocycles. The lowest BCUT2D eigenvalue weighted by molar-refractivity contribution is -0.508. The number of para-hydroxylation sites is 4. The van der Waals surface area contributed by atoms with Gasteiger partial charge in [0.05, 0.1) is 45.6 Å². The van der Waals surface area contributed by atoms with Crippen LogP contribution in [-0.4, -0.2) is 90.6 Å². The summed E-state index contributed by atoms with van der Waals surface area (Å²) in [4.78, 5) is 121. The molecule has 8 bridgehead atoms. The van der Waals surface area contributed by atoms with Gasteiger partial charge in [0.1, 0.15) is 48.7 Å². The number of ether oxygens (including phenoxy) is 4. The van der Waals surface area contributed by atoms with Crippen LogP contribution in [0.4, 0.5) is 0 Å². The van der Waals surface area contributed by atoms with Gasteiger partial charge in [-0.3, -0.25) is 59.6 Å². The highest BCUT2D eigenvalue weighted by atomic mass is 16.6. The fraction of sp³-hybridized carbons (Fsp3) is 0.125. The van der Waals surface area contributed by atoms with Gasteiger partial charge >= 0.3 is 23.9 Å². The summed E-state index contributed by atoms with van der Waals surface area (Å²) >= 11 is 0. The van der Waals surface area contributed by atoms with E-state index in [1.807, 2.05) is 0 Å². The fourth-order valence-corrected chi connectivity index (χ4v) is 9.51. The summed E-state index contributed by atoms with van der Waals surface area (Å²) in [7, 11) is 0. The Morgan fingerprint density at radius 2 is 0.750 bits per heavy atom. The maximum atomic E-state index is 14.1. The summed E-state index contributed by atoms with van der Waals surface area (Å²) < 4.78 is 24.1. The highest BCUT2D eigenvalue weighted by Gasteiger charge is 2.38. The van der Waals surface area contributed by atoms with Gasteiger partial charge in [-0.2, -0.15) is 0 Å². The molecule has 4 aromatic rings. The normalized spacial score (nSPS) is 15.9. The Morgan fingerprint density at radius 1 is 0.409 bits per heavy atom. The number of rotatable bonds is 24. The molecule has 5 aliphatic heterocycles. The maximum absolute atomic E-state index is 14.1. The lowest BCUT2D eigenvalue weighted by atomic mass is 9.85. The van der Waals surface area contributed by atoms with Crippen molar-refractivity contribution in [3.05, 3.63) is 282 Å². The molecule has 0 N–H and O–H groups in total. The molecule has 440 valence electrons. The molecule has 4 aromatic carbocycles. The van der Waals surface area contributed by atoms with Crippen LogP contribution in [0.1, 0.15) is 47.9 Å². The Hall–Kier alpha value is -12.1. The number of benzene rings is 4. The number of fused-ring (bicyclic) bond motifs is 4. The molecule has 0 radical (unpaired) electrons. The molecule has 0 saturated carbocycles. The highest BCUT2D eigenvalue weighted by molar-refractivity contribution is 6.51. The SMILES string of the molecule is C=CC(CC(=O)Oc1ccccc1C1=CC2=CC3=NC(=CC4=NC(=CC5=NC(=C(c6ccccc6OC(=O)CC(C=C)[N+](=O)[O-])C1=N2)C(c1ccccc1OC(=O)CC(C=C)[N+](=O)[O-])=C5c1ccccc1OC(=O)CC(C=C)[N+](=O)[O-])C=C4)C=C3)[N+](=O)[O-]. The number of hydrogen-bond donors (Lipinski definition) is 0. The lowest BCUT2D eigenvalue weighted by Gasteiger charge is -2.21. The van der Waals surface area contributed by atoms with Crippen LogP contribution in [0.15, 0.2) is 239 Å². The monoisotopic (exact) mass is 1180 g/mol. The van der Waals surface area contributed by atoms with Gasteiger partial charge in [0.2, 0.25) is 24.2 Å². The quantitative estimate of drug-likeness (QED) is 0.0207. The van der Waals surface area contributed by atoms with Crippen molar-refractivity contribution in [2.75, 3.05) is 0 Å². The molecule has 0 amide bonds. The molecular formula is C64H48N8O16. The van der Waals surface area contributed by atoms with E-state index in [9.17, 15) is 59.6 Å². The van der Waals surface area contributed by atoms with E-state index >= 15 is 0 Å². The number of hydrogen-bond acceptors (Lipinski definition) is 20. The molecule has 4 atom stereocenters. The molecule has 24 nitrogen and oxygen atoms in total. The summed E-state index contributed by atoms with van der Waals surface area (Å²) in [5.41, 5.74) is 2.46. The van der Waals surface area contributed by atoms with Crippen LogP contribution in [-0.2, 0) is 19.2 Å². The summed E-state index contributed by atoms with van der Waals surface area (Å²) in [6.07, 6.45) is 14.3. The molecule has 88 heavy (non-hydrogen) atoms. The van der Waals surface area contributed by atoms with Gasteiger partial charge in [0.15, 0.2) is 0 Å². The van der Waals surface area contributed by atoms with E-state index < -0.39 is 93.4 Å². The van der Waals surface area contributed by atoms with E-state index in [1.165, 1.54) is 54.6 Å². The number of allylic oxidation sites excluding steroid dienone is 12. The molecule has 0 spiro atoms. The Bertz CT molecular complexity index is 4150. The second-order valence-corrected chi connectivity index (χ2v) is 19.5. The van der Waals surface area contributed by atoms with Crippen LogP contribution >= 0.6 is 0 Å². The molecule has 4 unspecified atom stereocenters. The van der Waals surface area contributed by atoms with E-state index in [0.29, 0.717) is 22.8 Å². The van der Waals surface area contributed by atoms with Gasteiger partial charge in [-0.1, -0.05) is 99.1 Å². The minimum absolute atomic E-state index is 0.0120. The number of nitro groups is 4. The zero-order chi connectivity index (χ0) is 62.8. The molecule has 0 aliphatic carbocycles. The third-order valence-electron chi connectivity index (χ3n) is 13.7. The third-order valence-corrected chi connectivity index (χ3v) is 13.7. The van der Waals surface area contributed by atoms with E-state index in [1.54, 1.807) is 91.1 Å². The van der Waals surface area contributed by atoms with Gasteiger partial charge in [0.25, 0.3) is 0 Å². The Morgan fingerprint density at radius 3 is 1.15 bits per heavy atom. The van der Waals surface area contributed by atoms with Crippen LogP contribution in [0.2, 0.25) is 0 Å². The van der Waals surface area contributed by atoms with Gasteiger partial charge in [-0.15, -0.1) is 0 Å². The number of esters is 4. The lowest BCUT2D eigenvalue weighted by Crippen LogP contribution is -2.24. The van der Waals surface area contributed by atoms with Gasteiger partial charge in [-0.05, 0) is 97.2 Å². The molecular weight excluding hydrogens is 1140 g/mol. The molecule has 5 aliphatic rings. The molecule has 0 aromatic heterocycles. The second kappa shape index (κ2) is 26.7. The fourth-order valence-electron chi connectivity index (χ4n) is 9.51. The predicted molar refractivity (Wildman–Crippen MR) is 325 cm³/mol. The largest absolute Gasteiger partial charge is 0.426 e. The van der Waals surface area contributed by atoms with Gasteiger partial charge in [-0.25, -0.2) is 20.0 Å². The van der Waals surface area contributed by atoms with Crippen LogP contribution in [0, 0.1) is 40.5 Å².